The van der Waals surface area contributed by atoms with Gasteiger partial charge in [0.2, 0.25) is 0 Å². The lowest BCUT2D eigenvalue weighted by atomic mass is 10.2. The average Bonchev–Trinajstić information content (AvgIpc) is 2.00. The summed E-state index contributed by atoms with van der Waals surface area (Å²) in [6.07, 6.45) is 0. The summed E-state index contributed by atoms with van der Waals surface area (Å²) in [6.45, 7) is 2.39. The van der Waals surface area contributed by atoms with Crippen LogP contribution < -0.4 is 0 Å². The molecule has 0 bridgehead atoms. The van der Waals surface area contributed by atoms with Crippen LogP contribution in [-0.2, 0) is 9.59 Å². The third-order valence-electron chi connectivity index (χ3n) is 1.51. The standard InChI is InChI=1S/C6H11NO5/c1-3(5(8)9)7(12)4(2)6(10)11/h3-4,12H,1-2H3,(H,8,9)(H,10,11)/t3-,4?/m0/s1. The van der Waals surface area contributed by atoms with Crippen molar-refractivity contribution >= 4 is 11.9 Å². The molecule has 0 saturated carbocycles. The van der Waals surface area contributed by atoms with Crippen LogP contribution in [0.25, 0.3) is 0 Å². The molecule has 0 spiro atoms. The third-order valence-corrected chi connectivity index (χ3v) is 1.51. The molecule has 0 rings (SSSR count). The van der Waals surface area contributed by atoms with Crippen LogP contribution in [0.1, 0.15) is 13.8 Å². The zero-order valence-corrected chi connectivity index (χ0v) is 6.76. The Bertz CT molecular complexity index is 172. The Labute approximate surface area is 69.0 Å². The second-order valence-electron chi connectivity index (χ2n) is 2.41. The minimum Gasteiger partial charge on any atom is -0.480 e. The fourth-order valence-electron chi connectivity index (χ4n) is 0.562. The monoisotopic (exact) mass is 177 g/mol. The number of carbonyl (C=O) groups is 2. The minimum atomic E-state index is -1.27. The lowest BCUT2D eigenvalue weighted by Crippen LogP contribution is -2.45. The summed E-state index contributed by atoms with van der Waals surface area (Å²) in [4.78, 5) is 20.5. The molecule has 0 radical (unpaired) electrons. The molecule has 0 heterocycles. The Kier molecular flexibility index (Phi) is 3.65. The molecule has 0 aromatic rings. The first kappa shape index (κ1) is 10.9. The van der Waals surface area contributed by atoms with E-state index in [2.05, 4.69) is 0 Å². The summed E-state index contributed by atoms with van der Waals surface area (Å²) < 4.78 is 0. The molecule has 70 valence electrons. The van der Waals surface area contributed by atoms with Gasteiger partial charge in [0, 0.05) is 0 Å². The van der Waals surface area contributed by atoms with E-state index < -0.39 is 24.0 Å². The normalized spacial score (nSPS) is 15.7. The number of aliphatic carboxylic acids is 2. The van der Waals surface area contributed by atoms with E-state index in [4.69, 9.17) is 15.4 Å². The Balaban J connectivity index is 4.28. The summed E-state index contributed by atoms with van der Waals surface area (Å²) in [5.41, 5.74) is 0. The van der Waals surface area contributed by atoms with E-state index in [0.29, 0.717) is 0 Å². The number of nitrogens with zero attached hydrogens (tertiary/aromatic N) is 1. The van der Waals surface area contributed by atoms with Crippen LogP contribution in [0, 0.1) is 0 Å². The highest BCUT2D eigenvalue weighted by atomic mass is 16.5. The first-order valence-electron chi connectivity index (χ1n) is 3.30. The highest BCUT2D eigenvalue weighted by Crippen LogP contribution is 2.01. The number of rotatable bonds is 4. The number of carboxylic acids is 2. The van der Waals surface area contributed by atoms with Crippen LogP contribution in [-0.4, -0.2) is 44.5 Å². The Morgan fingerprint density at radius 3 is 1.50 bits per heavy atom. The minimum absolute atomic E-state index is 0.282. The largest absolute Gasteiger partial charge is 0.480 e. The smallest absolute Gasteiger partial charge is 0.323 e. The molecular formula is C6H11NO5. The van der Waals surface area contributed by atoms with Gasteiger partial charge in [0.05, 0.1) is 0 Å². The quantitative estimate of drug-likeness (QED) is 0.506. The molecule has 6 nitrogen and oxygen atoms in total. The second-order valence-corrected chi connectivity index (χ2v) is 2.41. The summed E-state index contributed by atoms with van der Waals surface area (Å²) in [7, 11) is 0. The summed E-state index contributed by atoms with van der Waals surface area (Å²) in [5.74, 6) is -2.55. The highest BCUT2D eigenvalue weighted by Gasteiger charge is 2.27. The van der Waals surface area contributed by atoms with E-state index in [1.165, 1.54) is 13.8 Å². The number of hydroxylamine groups is 2. The van der Waals surface area contributed by atoms with Gasteiger partial charge >= 0.3 is 11.9 Å². The van der Waals surface area contributed by atoms with Crippen LogP contribution in [0.15, 0.2) is 0 Å². The lowest BCUT2D eigenvalue weighted by Gasteiger charge is -2.22. The molecule has 0 aliphatic heterocycles. The van der Waals surface area contributed by atoms with Crippen LogP contribution in [0.2, 0.25) is 0 Å². The number of hydrogen-bond acceptors (Lipinski definition) is 4. The van der Waals surface area contributed by atoms with Crippen molar-refractivity contribution in [2.45, 2.75) is 25.9 Å². The molecule has 0 aliphatic carbocycles. The summed E-state index contributed by atoms with van der Waals surface area (Å²) in [5, 5.41) is 26.1. The molecule has 1 unspecified atom stereocenters. The molecule has 12 heavy (non-hydrogen) atoms. The predicted octanol–water partition coefficient (Wildman–Crippen LogP) is -0.376. The van der Waals surface area contributed by atoms with Gasteiger partial charge < -0.3 is 15.4 Å². The van der Waals surface area contributed by atoms with E-state index in [1.807, 2.05) is 0 Å². The van der Waals surface area contributed by atoms with E-state index in [9.17, 15) is 9.59 Å². The SMILES string of the molecule is CC(C(=O)O)N(O)[C@@H](C)C(=O)O. The molecule has 6 heteroatoms. The zero-order valence-electron chi connectivity index (χ0n) is 6.76. The molecule has 0 aliphatic rings. The van der Waals surface area contributed by atoms with Crippen LogP contribution >= 0.6 is 0 Å². The fraction of sp³-hybridized carbons (Fsp3) is 0.667. The molecule has 0 aromatic heterocycles. The maximum Gasteiger partial charge on any atom is 0.323 e. The van der Waals surface area contributed by atoms with Gasteiger partial charge in [-0.1, -0.05) is 0 Å². The van der Waals surface area contributed by atoms with Crippen molar-refractivity contribution in [3.8, 4) is 0 Å². The van der Waals surface area contributed by atoms with Gasteiger partial charge in [-0.15, -0.1) is 0 Å². The lowest BCUT2D eigenvalue weighted by molar-refractivity contribution is -0.188. The van der Waals surface area contributed by atoms with Crippen molar-refractivity contribution in [2.24, 2.45) is 0 Å². The highest BCUT2D eigenvalue weighted by molar-refractivity contribution is 5.76. The first-order valence-corrected chi connectivity index (χ1v) is 3.30. The second kappa shape index (κ2) is 4.03. The molecule has 3 N–H and O–H groups in total. The van der Waals surface area contributed by atoms with Gasteiger partial charge in [-0.2, -0.15) is 5.06 Å². The van der Waals surface area contributed by atoms with Crippen molar-refractivity contribution in [1.82, 2.24) is 5.06 Å². The number of hydrogen-bond donors (Lipinski definition) is 3. The van der Waals surface area contributed by atoms with Gasteiger partial charge in [0.1, 0.15) is 12.1 Å². The van der Waals surface area contributed by atoms with Crippen LogP contribution in [0.3, 0.4) is 0 Å². The van der Waals surface area contributed by atoms with E-state index in [0.717, 1.165) is 0 Å². The van der Waals surface area contributed by atoms with Crippen molar-refractivity contribution in [3.05, 3.63) is 0 Å². The predicted molar refractivity (Wildman–Crippen MR) is 37.8 cm³/mol. The van der Waals surface area contributed by atoms with Crippen molar-refractivity contribution in [2.75, 3.05) is 0 Å². The van der Waals surface area contributed by atoms with Gasteiger partial charge in [-0.3, -0.25) is 9.59 Å². The van der Waals surface area contributed by atoms with E-state index in [1.54, 1.807) is 0 Å². The molecule has 0 fully saturated rings. The molecule has 0 aromatic carbocycles. The third kappa shape index (κ3) is 2.48. The Morgan fingerprint density at radius 1 is 1.08 bits per heavy atom. The van der Waals surface area contributed by atoms with Gasteiger partial charge in [-0.05, 0) is 13.8 Å². The van der Waals surface area contributed by atoms with Gasteiger partial charge in [0.15, 0.2) is 0 Å². The van der Waals surface area contributed by atoms with Gasteiger partial charge in [-0.25, -0.2) is 0 Å². The summed E-state index contributed by atoms with van der Waals surface area (Å²) >= 11 is 0. The van der Waals surface area contributed by atoms with Crippen molar-refractivity contribution in [1.29, 1.82) is 0 Å². The topological polar surface area (TPSA) is 98.1 Å². The van der Waals surface area contributed by atoms with Crippen LogP contribution in [0.5, 0.6) is 0 Å². The molecular weight excluding hydrogens is 166 g/mol. The van der Waals surface area contributed by atoms with Gasteiger partial charge in [0.25, 0.3) is 0 Å². The maximum atomic E-state index is 10.3. The Hall–Kier alpha value is -1.14. The van der Waals surface area contributed by atoms with Crippen LogP contribution in [0.4, 0.5) is 0 Å². The fourth-order valence-corrected chi connectivity index (χ4v) is 0.562. The van der Waals surface area contributed by atoms with Crippen molar-refractivity contribution < 1.29 is 25.0 Å². The zero-order chi connectivity index (χ0) is 9.89. The Morgan fingerprint density at radius 2 is 1.33 bits per heavy atom. The number of carboxylic acid groups (broad SMARTS) is 2. The molecule has 2 atom stereocenters. The molecule has 0 amide bonds. The van der Waals surface area contributed by atoms with E-state index >= 15 is 0 Å². The maximum absolute atomic E-state index is 10.3. The summed E-state index contributed by atoms with van der Waals surface area (Å²) in [6, 6.07) is -2.45. The average molecular weight is 177 g/mol. The van der Waals surface area contributed by atoms with Crippen molar-refractivity contribution in [3.63, 3.8) is 0 Å². The first-order chi connectivity index (χ1) is 5.37. The van der Waals surface area contributed by atoms with E-state index in [-0.39, 0.29) is 5.06 Å². The molecule has 0 saturated heterocycles.